The van der Waals surface area contributed by atoms with Gasteiger partial charge >= 0.3 is 5.97 Å². The molecule has 6 nitrogen and oxygen atoms in total. The summed E-state index contributed by atoms with van der Waals surface area (Å²) in [5.74, 6) is 0.0931. The molecule has 158 valence electrons. The fraction of sp³-hybridized carbons (Fsp3) is 0.250. The summed E-state index contributed by atoms with van der Waals surface area (Å²) in [7, 11) is 0. The molecule has 0 amide bonds. The molecule has 2 aromatic heterocycles. The van der Waals surface area contributed by atoms with Crippen LogP contribution in [0.5, 0.6) is 0 Å². The molecule has 1 aliphatic heterocycles. The third-order valence-electron chi connectivity index (χ3n) is 6.12. The van der Waals surface area contributed by atoms with Crippen LogP contribution >= 0.6 is 11.6 Å². The summed E-state index contributed by atoms with van der Waals surface area (Å²) in [5, 5.41) is 12.7. The number of H-pyrrole nitrogens is 1. The van der Waals surface area contributed by atoms with Crippen molar-refractivity contribution in [3.05, 3.63) is 70.9 Å². The van der Waals surface area contributed by atoms with Gasteiger partial charge in [-0.1, -0.05) is 29.8 Å². The molecule has 0 aliphatic carbocycles. The number of nitrogens with one attached hydrogen (secondary N) is 1. The molecule has 0 spiro atoms. The first-order chi connectivity index (χ1) is 15.0. The Labute approximate surface area is 185 Å². The molecule has 1 unspecified atom stereocenters. The number of aromatic nitrogens is 2. The number of anilines is 1. The number of aryl methyl sites for hydroxylation is 1. The van der Waals surface area contributed by atoms with Crippen LogP contribution < -0.4 is 4.90 Å². The van der Waals surface area contributed by atoms with E-state index in [0.717, 1.165) is 46.3 Å². The largest absolute Gasteiger partial charge is 0.480 e. The third-order valence-corrected chi connectivity index (χ3v) is 6.35. The number of pyridine rings is 1. The first-order valence-corrected chi connectivity index (χ1v) is 10.7. The lowest BCUT2D eigenvalue weighted by atomic mass is 10.0. The van der Waals surface area contributed by atoms with Crippen molar-refractivity contribution in [3.8, 4) is 0 Å². The van der Waals surface area contributed by atoms with E-state index in [4.69, 9.17) is 16.6 Å². The average molecular weight is 435 g/mol. The summed E-state index contributed by atoms with van der Waals surface area (Å²) in [6.07, 6.45) is 1.79. The van der Waals surface area contributed by atoms with Gasteiger partial charge in [0, 0.05) is 59.3 Å². The van der Waals surface area contributed by atoms with E-state index >= 15 is 0 Å². The summed E-state index contributed by atoms with van der Waals surface area (Å²) < 4.78 is 0. The molecule has 1 aliphatic rings. The van der Waals surface area contributed by atoms with Gasteiger partial charge in [-0.25, -0.2) is 4.98 Å². The molecule has 1 atom stereocenters. The van der Waals surface area contributed by atoms with Crippen molar-refractivity contribution in [1.82, 2.24) is 14.9 Å². The Morgan fingerprint density at radius 2 is 1.87 bits per heavy atom. The maximum absolute atomic E-state index is 12.3. The van der Waals surface area contributed by atoms with Gasteiger partial charge in [0.2, 0.25) is 0 Å². The van der Waals surface area contributed by atoms with Crippen LogP contribution in [0.3, 0.4) is 0 Å². The van der Waals surface area contributed by atoms with Gasteiger partial charge in [0.25, 0.3) is 0 Å². The number of nitrogens with zero attached hydrogens (tertiary/aromatic N) is 3. The molecule has 4 aromatic rings. The minimum atomic E-state index is -0.853. The number of aromatic amines is 1. The van der Waals surface area contributed by atoms with Crippen LogP contribution in [0.1, 0.15) is 17.2 Å². The van der Waals surface area contributed by atoms with Gasteiger partial charge < -0.3 is 15.0 Å². The van der Waals surface area contributed by atoms with E-state index < -0.39 is 12.0 Å². The smallest absolute Gasteiger partial charge is 0.325 e. The van der Waals surface area contributed by atoms with Crippen LogP contribution in [0.2, 0.25) is 5.02 Å². The zero-order valence-electron chi connectivity index (χ0n) is 17.2. The van der Waals surface area contributed by atoms with E-state index in [1.54, 1.807) is 12.3 Å². The van der Waals surface area contributed by atoms with E-state index in [9.17, 15) is 9.90 Å². The maximum atomic E-state index is 12.3. The molecule has 3 heterocycles. The summed E-state index contributed by atoms with van der Waals surface area (Å²) in [6.45, 7) is 4.82. The lowest BCUT2D eigenvalue weighted by Gasteiger charge is -2.38. The summed E-state index contributed by atoms with van der Waals surface area (Å²) >= 11 is 6.17. The number of fused-ring (bicyclic) bond motifs is 2. The standard InChI is InChI=1S/C24H23ClN4O2/c1-15-12-22(27-21-5-3-2-4-17(15)21)28-8-10-29(11-9-28)23(24(30)31)19-14-26-20-7-6-16(25)13-18(19)20/h2-7,12-14,23,26H,8-11H2,1H3,(H,30,31). The number of rotatable bonds is 4. The quantitative estimate of drug-likeness (QED) is 0.490. The van der Waals surface area contributed by atoms with Crippen molar-refractivity contribution < 1.29 is 9.90 Å². The number of para-hydroxylation sites is 1. The van der Waals surface area contributed by atoms with Crippen molar-refractivity contribution in [2.24, 2.45) is 0 Å². The van der Waals surface area contributed by atoms with Gasteiger partial charge in [-0.05, 0) is 42.8 Å². The molecule has 31 heavy (non-hydrogen) atoms. The molecule has 0 radical (unpaired) electrons. The minimum absolute atomic E-state index is 0.597. The van der Waals surface area contributed by atoms with Gasteiger partial charge in [0.15, 0.2) is 0 Å². The van der Waals surface area contributed by atoms with Gasteiger partial charge in [-0.15, -0.1) is 0 Å². The Hall–Kier alpha value is -3.09. The highest BCUT2D eigenvalue weighted by Gasteiger charge is 2.32. The Morgan fingerprint density at radius 3 is 2.65 bits per heavy atom. The Bertz CT molecular complexity index is 1280. The second-order valence-corrected chi connectivity index (χ2v) is 8.45. The zero-order chi connectivity index (χ0) is 21.5. The Kier molecular flexibility index (Phi) is 5.04. The molecule has 7 heteroatoms. The molecule has 5 rings (SSSR count). The Balaban J connectivity index is 1.39. The van der Waals surface area contributed by atoms with Crippen LogP contribution in [0.4, 0.5) is 5.82 Å². The SMILES string of the molecule is Cc1cc(N2CCN(C(C(=O)O)c3c[nH]c4ccc(Cl)cc34)CC2)nc2ccccc12. The van der Waals surface area contributed by atoms with Crippen molar-refractivity contribution in [1.29, 1.82) is 0 Å². The van der Waals surface area contributed by atoms with Crippen molar-refractivity contribution >= 4 is 45.2 Å². The highest BCUT2D eigenvalue weighted by Crippen LogP contribution is 2.32. The van der Waals surface area contributed by atoms with E-state index in [-0.39, 0.29) is 0 Å². The molecule has 2 N–H and O–H groups in total. The van der Waals surface area contributed by atoms with Crippen molar-refractivity contribution in [3.63, 3.8) is 0 Å². The minimum Gasteiger partial charge on any atom is -0.480 e. The number of piperazine rings is 1. The second-order valence-electron chi connectivity index (χ2n) is 8.01. The Morgan fingerprint density at radius 1 is 1.10 bits per heavy atom. The molecule has 1 fully saturated rings. The number of halogens is 1. The maximum Gasteiger partial charge on any atom is 0.325 e. The highest BCUT2D eigenvalue weighted by molar-refractivity contribution is 6.31. The summed E-state index contributed by atoms with van der Waals surface area (Å²) in [6, 6.07) is 15.1. The number of hydrogen-bond acceptors (Lipinski definition) is 4. The molecule has 1 saturated heterocycles. The van der Waals surface area contributed by atoms with Crippen LogP contribution in [0.25, 0.3) is 21.8 Å². The van der Waals surface area contributed by atoms with E-state index in [2.05, 4.69) is 28.9 Å². The van der Waals surface area contributed by atoms with Gasteiger partial charge in [-0.3, -0.25) is 9.69 Å². The molecule has 0 bridgehead atoms. The molecule has 2 aromatic carbocycles. The number of hydrogen-bond donors (Lipinski definition) is 2. The number of benzene rings is 2. The van der Waals surface area contributed by atoms with Crippen LogP contribution in [-0.4, -0.2) is 52.1 Å². The average Bonchev–Trinajstić information content (AvgIpc) is 3.17. The highest BCUT2D eigenvalue weighted by atomic mass is 35.5. The van der Waals surface area contributed by atoms with Gasteiger partial charge in [-0.2, -0.15) is 0 Å². The lowest BCUT2D eigenvalue weighted by molar-refractivity contribution is -0.143. The van der Waals surface area contributed by atoms with Gasteiger partial charge in [0.05, 0.1) is 5.52 Å². The van der Waals surface area contributed by atoms with Gasteiger partial charge in [0.1, 0.15) is 11.9 Å². The monoisotopic (exact) mass is 434 g/mol. The molecule has 0 saturated carbocycles. The third kappa shape index (κ3) is 3.62. The number of aliphatic carboxylic acids is 1. The number of carboxylic acid groups (broad SMARTS) is 1. The van der Waals surface area contributed by atoms with Crippen molar-refractivity contribution in [2.75, 3.05) is 31.1 Å². The summed E-state index contributed by atoms with van der Waals surface area (Å²) in [4.78, 5) is 24.5. The zero-order valence-corrected chi connectivity index (χ0v) is 17.9. The van der Waals surface area contributed by atoms with Crippen LogP contribution in [0.15, 0.2) is 54.7 Å². The predicted molar refractivity (Wildman–Crippen MR) is 124 cm³/mol. The van der Waals surface area contributed by atoms with Crippen LogP contribution in [0, 0.1) is 6.92 Å². The van der Waals surface area contributed by atoms with Crippen LogP contribution in [-0.2, 0) is 4.79 Å². The fourth-order valence-electron chi connectivity index (χ4n) is 4.53. The normalized spacial score (nSPS) is 16.1. The first-order valence-electron chi connectivity index (χ1n) is 10.4. The van der Waals surface area contributed by atoms with E-state index in [1.165, 1.54) is 5.56 Å². The predicted octanol–water partition coefficient (Wildman–Crippen LogP) is 4.63. The lowest BCUT2D eigenvalue weighted by Crippen LogP contribution is -2.49. The summed E-state index contributed by atoms with van der Waals surface area (Å²) in [5.41, 5.74) is 3.82. The first kappa shape index (κ1) is 19.8. The fourth-order valence-corrected chi connectivity index (χ4v) is 4.70. The second kappa shape index (κ2) is 7.87. The molecular weight excluding hydrogens is 412 g/mol. The molecular formula is C24H23ClN4O2. The van der Waals surface area contributed by atoms with E-state index in [0.29, 0.717) is 18.1 Å². The topological polar surface area (TPSA) is 72.5 Å². The van der Waals surface area contributed by atoms with E-state index in [1.807, 2.05) is 35.2 Å². The number of carboxylic acids is 1. The number of carbonyl (C=O) groups is 1. The van der Waals surface area contributed by atoms with Crippen molar-refractivity contribution in [2.45, 2.75) is 13.0 Å².